The van der Waals surface area contributed by atoms with E-state index in [9.17, 15) is 9.59 Å². The Bertz CT molecular complexity index is 1240. The summed E-state index contributed by atoms with van der Waals surface area (Å²) < 4.78 is 12.6. The highest BCUT2D eigenvalue weighted by atomic mass is 32.2. The summed E-state index contributed by atoms with van der Waals surface area (Å²) in [6, 6.07) is 13.8. The number of carbonyl (C=O) groups excluding carboxylic acids is 1. The van der Waals surface area contributed by atoms with Crippen molar-refractivity contribution in [1.29, 1.82) is 0 Å². The number of hydrogen-bond acceptors (Lipinski definition) is 6. The molecular formula is C23H21N3O4S. The van der Waals surface area contributed by atoms with Crippen LogP contribution in [0.3, 0.4) is 0 Å². The molecule has 31 heavy (non-hydrogen) atoms. The van der Waals surface area contributed by atoms with Gasteiger partial charge in [0, 0.05) is 25.1 Å². The van der Waals surface area contributed by atoms with E-state index in [2.05, 4.69) is 34.6 Å². The van der Waals surface area contributed by atoms with Crippen molar-refractivity contribution in [3.63, 3.8) is 0 Å². The van der Waals surface area contributed by atoms with Gasteiger partial charge in [-0.3, -0.25) is 9.59 Å². The van der Waals surface area contributed by atoms with E-state index in [0.717, 1.165) is 11.1 Å². The van der Waals surface area contributed by atoms with Crippen LogP contribution in [0.25, 0.3) is 0 Å². The van der Waals surface area contributed by atoms with Gasteiger partial charge in [-0.05, 0) is 30.2 Å². The lowest BCUT2D eigenvalue weighted by Gasteiger charge is -2.27. The third-order valence-corrected chi connectivity index (χ3v) is 6.69. The number of benzene rings is 2. The van der Waals surface area contributed by atoms with E-state index in [0.29, 0.717) is 33.8 Å². The zero-order valence-corrected chi connectivity index (χ0v) is 18.0. The van der Waals surface area contributed by atoms with Gasteiger partial charge in [-0.15, -0.1) is 0 Å². The molecule has 1 atom stereocenters. The lowest BCUT2D eigenvalue weighted by Crippen LogP contribution is -2.33. The highest BCUT2D eigenvalue weighted by Gasteiger charge is 2.33. The summed E-state index contributed by atoms with van der Waals surface area (Å²) in [4.78, 5) is 29.9. The number of nitrogens with one attached hydrogen (secondary N) is 1. The maximum absolute atomic E-state index is 13.1. The van der Waals surface area contributed by atoms with E-state index >= 15 is 0 Å². The van der Waals surface area contributed by atoms with Gasteiger partial charge in [0.15, 0.2) is 16.7 Å². The average molecular weight is 436 g/mol. The van der Waals surface area contributed by atoms with Crippen molar-refractivity contribution in [2.75, 3.05) is 12.1 Å². The maximum Gasteiger partial charge on any atom is 0.279 e. The summed E-state index contributed by atoms with van der Waals surface area (Å²) in [5.41, 5.74) is 3.36. The first-order valence-corrected chi connectivity index (χ1v) is 11.0. The van der Waals surface area contributed by atoms with Crippen LogP contribution in [0.1, 0.15) is 34.6 Å². The lowest BCUT2D eigenvalue weighted by molar-refractivity contribution is -0.116. The Morgan fingerprint density at radius 3 is 2.71 bits per heavy atom. The second-order valence-electron chi connectivity index (χ2n) is 7.71. The van der Waals surface area contributed by atoms with E-state index in [1.165, 1.54) is 17.3 Å². The number of nitrogens with zero attached hydrogens (tertiary/aromatic N) is 2. The number of anilines is 1. The van der Waals surface area contributed by atoms with Gasteiger partial charge in [0.25, 0.3) is 5.56 Å². The number of aryl methyl sites for hydroxylation is 1. The minimum Gasteiger partial charge on any atom is -0.454 e. The molecule has 158 valence electrons. The van der Waals surface area contributed by atoms with Crippen LogP contribution in [0, 0.1) is 6.92 Å². The molecule has 0 saturated carbocycles. The fourth-order valence-corrected chi connectivity index (χ4v) is 4.83. The van der Waals surface area contributed by atoms with Crippen molar-refractivity contribution in [1.82, 2.24) is 9.55 Å². The SMILES string of the molecule is Cc1ccc(CSc2nc(=O)c3c(n2C)NC(=O)CC3c2ccc3c(c2)OCO3)cc1. The van der Waals surface area contributed by atoms with E-state index in [1.54, 1.807) is 4.57 Å². The first-order chi connectivity index (χ1) is 15.0. The van der Waals surface area contributed by atoms with Gasteiger partial charge in [0.2, 0.25) is 12.7 Å². The number of rotatable bonds is 4. The molecule has 0 radical (unpaired) electrons. The van der Waals surface area contributed by atoms with E-state index < -0.39 is 0 Å². The molecule has 5 rings (SSSR count). The summed E-state index contributed by atoms with van der Waals surface area (Å²) in [7, 11) is 1.82. The molecule has 7 nitrogen and oxygen atoms in total. The highest BCUT2D eigenvalue weighted by Crippen LogP contribution is 2.40. The summed E-state index contributed by atoms with van der Waals surface area (Å²) in [5.74, 6) is 1.95. The Labute approximate surface area is 183 Å². The van der Waals surface area contributed by atoms with Crippen LogP contribution in [-0.4, -0.2) is 22.3 Å². The Morgan fingerprint density at radius 1 is 1.13 bits per heavy atom. The van der Waals surface area contributed by atoms with Crippen LogP contribution < -0.4 is 20.3 Å². The van der Waals surface area contributed by atoms with Gasteiger partial charge in [-0.25, -0.2) is 0 Å². The number of amides is 1. The van der Waals surface area contributed by atoms with E-state index in [4.69, 9.17) is 9.47 Å². The normalized spacial score (nSPS) is 16.7. The fraction of sp³-hybridized carbons (Fsp3) is 0.261. The predicted molar refractivity (Wildman–Crippen MR) is 118 cm³/mol. The first-order valence-electron chi connectivity index (χ1n) is 9.98. The Balaban J connectivity index is 1.50. The summed E-state index contributed by atoms with van der Waals surface area (Å²) >= 11 is 1.47. The number of aromatic nitrogens is 2. The van der Waals surface area contributed by atoms with Gasteiger partial charge in [-0.2, -0.15) is 4.98 Å². The van der Waals surface area contributed by atoms with Gasteiger partial charge < -0.3 is 19.4 Å². The Hall–Kier alpha value is -3.26. The van der Waals surface area contributed by atoms with Crippen molar-refractivity contribution < 1.29 is 14.3 Å². The van der Waals surface area contributed by atoms with Gasteiger partial charge >= 0.3 is 0 Å². The molecule has 0 spiro atoms. The van der Waals surface area contributed by atoms with Gasteiger partial charge in [-0.1, -0.05) is 47.7 Å². The molecule has 3 heterocycles. The van der Waals surface area contributed by atoms with Crippen LogP contribution in [0.15, 0.2) is 52.4 Å². The molecule has 2 aliphatic heterocycles. The minimum atomic E-state index is -0.388. The molecule has 3 aromatic rings. The van der Waals surface area contributed by atoms with Gasteiger partial charge in [0.1, 0.15) is 5.82 Å². The summed E-state index contributed by atoms with van der Waals surface area (Å²) in [6.07, 6.45) is 0.180. The van der Waals surface area contributed by atoms with Gasteiger partial charge in [0.05, 0.1) is 5.56 Å². The van der Waals surface area contributed by atoms with Crippen molar-refractivity contribution in [2.24, 2.45) is 7.05 Å². The quantitative estimate of drug-likeness (QED) is 0.498. The van der Waals surface area contributed by atoms with E-state index in [1.807, 2.05) is 32.2 Å². The van der Waals surface area contributed by atoms with Crippen LogP contribution >= 0.6 is 11.8 Å². The number of hydrogen-bond donors (Lipinski definition) is 1. The van der Waals surface area contributed by atoms with E-state index in [-0.39, 0.29) is 30.6 Å². The molecule has 8 heteroatoms. The maximum atomic E-state index is 13.1. The second kappa shape index (κ2) is 7.77. The molecule has 2 aliphatic rings. The number of thioether (sulfide) groups is 1. The number of carbonyl (C=O) groups is 1. The zero-order valence-electron chi connectivity index (χ0n) is 17.2. The first kappa shape index (κ1) is 19.7. The largest absolute Gasteiger partial charge is 0.454 e. The number of fused-ring (bicyclic) bond motifs is 2. The predicted octanol–water partition coefficient (Wildman–Crippen LogP) is 3.58. The van der Waals surface area contributed by atoms with Crippen LogP contribution in [-0.2, 0) is 17.6 Å². The topological polar surface area (TPSA) is 82.5 Å². The average Bonchev–Trinajstić information content (AvgIpc) is 3.23. The molecule has 1 amide bonds. The molecule has 1 N–H and O–H groups in total. The van der Waals surface area contributed by atoms with Crippen LogP contribution in [0.4, 0.5) is 5.82 Å². The smallest absolute Gasteiger partial charge is 0.279 e. The molecule has 2 aromatic carbocycles. The molecule has 0 saturated heterocycles. The lowest BCUT2D eigenvalue weighted by atomic mass is 9.86. The molecule has 1 unspecified atom stereocenters. The van der Waals surface area contributed by atoms with Crippen molar-refractivity contribution in [3.05, 3.63) is 75.1 Å². The summed E-state index contributed by atoms with van der Waals surface area (Å²) in [6.45, 7) is 2.22. The standard InChI is InChI=1S/C23H21N3O4S/c1-13-3-5-14(6-4-13)11-31-23-25-22(28)20-16(10-19(27)24-21(20)26(23)2)15-7-8-17-18(9-15)30-12-29-17/h3-9,16H,10-12H2,1-2H3,(H,24,27). The molecule has 1 aromatic heterocycles. The zero-order chi connectivity index (χ0) is 21.5. The third kappa shape index (κ3) is 3.67. The molecule has 0 fully saturated rings. The van der Waals surface area contributed by atoms with Crippen molar-refractivity contribution in [3.8, 4) is 11.5 Å². The number of ether oxygens (including phenoxy) is 2. The molecule has 0 bridgehead atoms. The van der Waals surface area contributed by atoms with Crippen LogP contribution in [0.2, 0.25) is 0 Å². The van der Waals surface area contributed by atoms with Crippen LogP contribution in [0.5, 0.6) is 11.5 Å². The highest BCUT2D eigenvalue weighted by molar-refractivity contribution is 7.98. The fourth-order valence-electron chi connectivity index (χ4n) is 3.91. The second-order valence-corrected chi connectivity index (χ2v) is 8.66. The molecule has 0 aliphatic carbocycles. The molecular weight excluding hydrogens is 414 g/mol. The summed E-state index contributed by atoms with van der Waals surface area (Å²) in [5, 5.41) is 3.45. The van der Waals surface area contributed by atoms with Crippen molar-refractivity contribution in [2.45, 2.75) is 30.2 Å². The third-order valence-electron chi connectivity index (χ3n) is 5.59. The Morgan fingerprint density at radius 2 is 1.90 bits per heavy atom. The minimum absolute atomic E-state index is 0.133. The van der Waals surface area contributed by atoms with Crippen molar-refractivity contribution >= 4 is 23.5 Å². The monoisotopic (exact) mass is 435 g/mol. The Kier molecular flexibility index (Phi) is 4.94.